The van der Waals surface area contributed by atoms with Crippen molar-refractivity contribution < 1.29 is 14.4 Å². The van der Waals surface area contributed by atoms with Crippen LogP contribution in [0.1, 0.15) is 25.8 Å². The number of amides is 3. The second-order valence-corrected chi connectivity index (χ2v) is 6.90. The van der Waals surface area contributed by atoms with Crippen molar-refractivity contribution >= 4 is 17.7 Å². The lowest BCUT2D eigenvalue weighted by Gasteiger charge is -2.18. The normalized spacial score (nSPS) is 17.0. The van der Waals surface area contributed by atoms with Crippen LogP contribution in [-0.2, 0) is 20.8 Å². The van der Waals surface area contributed by atoms with Gasteiger partial charge in [0.15, 0.2) is 0 Å². The van der Waals surface area contributed by atoms with E-state index in [-0.39, 0.29) is 30.1 Å². The summed E-state index contributed by atoms with van der Waals surface area (Å²) in [6, 6.07) is 9.51. The zero-order chi connectivity index (χ0) is 18.2. The number of nitrogens with one attached hydrogen (secondary N) is 2. The van der Waals surface area contributed by atoms with Gasteiger partial charge < -0.3 is 15.5 Å². The van der Waals surface area contributed by atoms with E-state index in [0.717, 1.165) is 5.56 Å². The summed E-state index contributed by atoms with van der Waals surface area (Å²) in [6.45, 7) is 6.04. The van der Waals surface area contributed by atoms with E-state index in [9.17, 15) is 14.4 Å². The molecule has 0 unspecified atom stereocenters. The van der Waals surface area contributed by atoms with Crippen LogP contribution in [0.5, 0.6) is 0 Å². The van der Waals surface area contributed by atoms with E-state index in [1.54, 1.807) is 4.90 Å². The number of rotatable bonds is 8. The summed E-state index contributed by atoms with van der Waals surface area (Å²) in [5.74, 6) is -0.0293. The van der Waals surface area contributed by atoms with Gasteiger partial charge >= 0.3 is 0 Å². The van der Waals surface area contributed by atoms with E-state index in [1.165, 1.54) is 0 Å². The Kier molecular flexibility index (Phi) is 6.98. The van der Waals surface area contributed by atoms with Crippen LogP contribution in [0.4, 0.5) is 0 Å². The molecule has 136 valence electrons. The number of carbonyl (C=O) groups excluding carboxylic acids is 3. The Balaban J connectivity index is 1.64. The molecule has 0 saturated carbocycles. The first-order valence-corrected chi connectivity index (χ1v) is 8.82. The molecule has 1 aromatic carbocycles. The first-order valence-electron chi connectivity index (χ1n) is 8.82. The van der Waals surface area contributed by atoms with Gasteiger partial charge in [0.25, 0.3) is 0 Å². The Morgan fingerprint density at radius 1 is 1.16 bits per heavy atom. The monoisotopic (exact) mass is 345 g/mol. The van der Waals surface area contributed by atoms with Gasteiger partial charge in [-0.3, -0.25) is 14.4 Å². The highest BCUT2D eigenvalue weighted by molar-refractivity contribution is 5.89. The molecule has 6 heteroatoms. The van der Waals surface area contributed by atoms with Crippen LogP contribution >= 0.6 is 0 Å². The van der Waals surface area contributed by atoms with Gasteiger partial charge in [0.1, 0.15) is 0 Å². The fourth-order valence-electron chi connectivity index (χ4n) is 2.94. The van der Waals surface area contributed by atoms with Gasteiger partial charge in [-0.05, 0) is 11.5 Å². The molecule has 0 bridgehead atoms. The molecule has 0 aromatic heterocycles. The van der Waals surface area contributed by atoms with Crippen LogP contribution in [0.15, 0.2) is 30.3 Å². The highest BCUT2D eigenvalue weighted by Crippen LogP contribution is 2.18. The maximum Gasteiger partial charge on any atom is 0.225 e. The topological polar surface area (TPSA) is 78.5 Å². The third kappa shape index (κ3) is 6.21. The molecular formula is C19H27N3O3. The molecular weight excluding hydrogens is 318 g/mol. The van der Waals surface area contributed by atoms with Crippen molar-refractivity contribution in [3.63, 3.8) is 0 Å². The number of carbonyl (C=O) groups is 3. The molecule has 25 heavy (non-hydrogen) atoms. The maximum atomic E-state index is 12.2. The quantitative estimate of drug-likeness (QED) is 0.689. The van der Waals surface area contributed by atoms with Gasteiger partial charge in [0, 0.05) is 32.6 Å². The molecule has 1 atom stereocenters. The van der Waals surface area contributed by atoms with Crippen LogP contribution in [-0.4, -0.2) is 48.8 Å². The van der Waals surface area contributed by atoms with Gasteiger partial charge in [0.05, 0.1) is 12.3 Å². The third-order valence-electron chi connectivity index (χ3n) is 4.12. The number of hydrogen-bond acceptors (Lipinski definition) is 3. The lowest BCUT2D eigenvalue weighted by Crippen LogP contribution is -2.39. The Labute approximate surface area is 149 Å². The predicted molar refractivity (Wildman–Crippen MR) is 95.7 cm³/mol. The van der Waals surface area contributed by atoms with Crippen molar-refractivity contribution in [2.45, 2.75) is 26.7 Å². The first-order chi connectivity index (χ1) is 12.0. The van der Waals surface area contributed by atoms with Crippen LogP contribution < -0.4 is 10.6 Å². The molecule has 1 saturated heterocycles. The fourth-order valence-corrected chi connectivity index (χ4v) is 2.94. The molecule has 2 N–H and O–H groups in total. The lowest BCUT2D eigenvalue weighted by molar-refractivity contribution is -0.129. The Hall–Kier alpha value is -2.37. The van der Waals surface area contributed by atoms with Crippen molar-refractivity contribution in [3.05, 3.63) is 35.9 Å². The summed E-state index contributed by atoms with van der Waals surface area (Å²) in [5, 5.41) is 5.60. The van der Waals surface area contributed by atoms with Crippen molar-refractivity contribution in [2.24, 2.45) is 11.8 Å². The Morgan fingerprint density at radius 2 is 1.84 bits per heavy atom. The standard InChI is InChI=1S/C19H27N3O3/c1-14(2)12-22-13-16(11-18(22)24)19(25)21-9-8-20-17(23)10-15-6-4-3-5-7-15/h3-7,14,16H,8-13H2,1-2H3,(H,20,23)(H,21,25)/t16-/m1/s1. The number of nitrogens with zero attached hydrogens (tertiary/aromatic N) is 1. The molecule has 1 aliphatic rings. The van der Waals surface area contributed by atoms with Crippen molar-refractivity contribution in [1.29, 1.82) is 0 Å². The zero-order valence-electron chi connectivity index (χ0n) is 15.0. The van der Waals surface area contributed by atoms with Gasteiger partial charge in [-0.1, -0.05) is 44.2 Å². The zero-order valence-corrected chi connectivity index (χ0v) is 15.0. The highest BCUT2D eigenvalue weighted by Gasteiger charge is 2.34. The van der Waals surface area contributed by atoms with E-state index in [4.69, 9.17) is 0 Å². The summed E-state index contributed by atoms with van der Waals surface area (Å²) in [7, 11) is 0. The highest BCUT2D eigenvalue weighted by atomic mass is 16.2. The predicted octanol–water partition coefficient (Wildman–Crippen LogP) is 0.966. The lowest BCUT2D eigenvalue weighted by atomic mass is 10.1. The maximum absolute atomic E-state index is 12.2. The van der Waals surface area contributed by atoms with Gasteiger partial charge in [-0.25, -0.2) is 0 Å². The minimum atomic E-state index is -0.286. The average molecular weight is 345 g/mol. The third-order valence-corrected chi connectivity index (χ3v) is 4.12. The van der Waals surface area contributed by atoms with Crippen molar-refractivity contribution in [2.75, 3.05) is 26.2 Å². The number of benzene rings is 1. The van der Waals surface area contributed by atoms with Gasteiger partial charge in [0.2, 0.25) is 17.7 Å². The van der Waals surface area contributed by atoms with E-state index < -0.39 is 0 Å². The molecule has 0 aliphatic carbocycles. The Bertz CT molecular complexity index is 601. The second kappa shape index (κ2) is 9.20. The molecule has 0 radical (unpaired) electrons. The van der Waals surface area contributed by atoms with Crippen molar-refractivity contribution in [3.8, 4) is 0 Å². The SMILES string of the molecule is CC(C)CN1C[C@H](C(=O)NCCNC(=O)Cc2ccccc2)CC1=O. The summed E-state index contributed by atoms with van der Waals surface area (Å²) >= 11 is 0. The largest absolute Gasteiger partial charge is 0.354 e. The Morgan fingerprint density at radius 3 is 2.52 bits per heavy atom. The molecule has 1 fully saturated rings. The number of likely N-dealkylation sites (tertiary alicyclic amines) is 1. The average Bonchev–Trinajstić information content (AvgIpc) is 2.92. The summed E-state index contributed by atoms with van der Waals surface area (Å²) in [4.78, 5) is 37.6. The molecule has 0 spiro atoms. The van der Waals surface area contributed by atoms with E-state index in [1.807, 2.05) is 30.3 Å². The molecule has 1 heterocycles. The van der Waals surface area contributed by atoms with Crippen molar-refractivity contribution in [1.82, 2.24) is 15.5 Å². The van der Waals surface area contributed by atoms with Crippen LogP contribution in [0.2, 0.25) is 0 Å². The summed E-state index contributed by atoms with van der Waals surface area (Å²) in [6.07, 6.45) is 0.606. The van der Waals surface area contributed by atoms with Gasteiger partial charge in [-0.15, -0.1) is 0 Å². The van der Waals surface area contributed by atoms with E-state index >= 15 is 0 Å². The van der Waals surface area contributed by atoms with E-state index in [0.29, 0.717) is 38.5 Å². The molecule has 6 nitrogen and oxygen atoms in total. The first kappa shape index (κ1) is 19.0. The molecule has 1 aromatic rings. The number of hydrogen-bond donors (Lipinski definition) is 2. The summed E-state index contributed by atoms with van der Waals surface area (Å²) < 4.78 is 0. The smallest absolute Gasteiger partial charge is 0.225 e. The molecule has 3 amide bonds. The minimum absolute atomic E-state index is 0.0463. The summed E-state index contributed by atoms with van der Waals surface area (Å²) in [5.41, 5.74) is 0.957. The van der Waals surface area contributed by atoms with Crippen LogP contribution in [0.3, 0.4) is 0 Å². The van der Waals surface area contributed by atoms with Crippen LogP contribution in [0, 0.1) is 11.8 Å². The fraction of sp³-hybridized carbons (Fsp3) is 0.526. The van der Waals surface area contributed by atoms with Crippen LogP contribution in [0.25, 0.3) is 0 Å². The second-order valence-electron chi connectivity index (χ2n) is 6.90. The molecule has 2 rings (SSSR count). The van der Waals surface area contributed by atoms with E-state index in [2.05, 4.69) is 24.5 Å². The molecule has 1 aliphatic heterocycles. The minimum Gasteiger partial charge on any atom is -0.354 e. The van der Waals surface area contributed by atoms with Gasteiger partial charge in [-0.2, -0.15) is 0 Å².